The first-order valence-corrected chi connectivity index (χ1v) is 22.1. The van der Waals surface area contributed by atoms with Crippen LogP contribution in [0.25, 0.3) is 0 Å². The summed E-state index contributed by atoms with van der Waals surface area (Å²) in [6.45, 7) is 24.3. The van der Waals surface area contributed by atoms with E-state index in [1.807, 2.05) is 18.7 Å². The van der Waals surface area contributed by atoms with E-state index in [4.69, 9.17) is 4.74 Å². The van der Waals surface area contributed by atoms with E-state index in [9.17, 15) is 27.9 Å². The topological polar surface area (TPSA) is 121 Å². The van der Waals surface area contributed by atoms with Crippen LogP contribution in [0.3, 0.4) is 0 Å². The number of carbonyl (C=O) groups excluding carboxylic acids is 2. The number of carboxylic acid groups (broad SMARTS) is 1. The van der Waals surface area contributed by atoms with Crippen LogP contribution in [0.1, 0.15) is 132 Å². The fourth-order valence-corrected chi connectivity index (χ4v) is 15.1. The summed E-state index contributed by atoms with van der Waals surface area (Å²) in [5, 5.41) is 9.34. The summed E-state index contributed by atoms with van der Waals surface area (Å²) in [5.41, 5.74) is 0.223. The highest BCUT2D eigenvalue weighted by Crippen LogP contribution is 2.77. The zero-order valence-corrected chi connectivity index (χ0v) is 34.5. The molecular weight excluding hydrogens is 677 g/mol. The summed E-state index contributed by atoms with van der Waals surface area (Å²) in [4.78, 5) is 41.5. The molecule has 0 spiro atoms. The number of piperazine rings is 1. The molecule has 6 fully saturated rings. The van der Waals surface area contributed by atoms with E-state index in [1.165, 1.54) is 16.1 Å². The molecule has 5 saturated carbocycles. The molecule has 10 atom stereocenters. The van der Waals surface area contributed by atoms with Crippen LogP contribution in [-0.2, 0) is 29.1 Å². The molecule has 1 N–H and O–H groups in total. The molecular formula is C42H68N2O7S. The first-order chi connectivity index (χ1) is 23.9. The molecule has 0 aromatic rings. The minimum atomic E-state index is -3.28. The van der Waals surface area contributed by atoms with Gasteiger partial charge in [-0.3, -0.25) is 14.4 Å². The van der Waals surface area contributed by atoms with E-state index in [0.29, 0.717) is 49.9 Å². The van der Waals surface area contributed by atoms with Gasteiger partial charge in [-0.15, -0.1) is 0 Å². The molecule has 1 heterocycles. The molecule has 0 aromatic carbocycles. The number of nitrogens with zero attached hydrogens (tertiary/aromatic N) is 2. The average Bonchev–Trinajstić information content (AvgIpc) is 3.42. The number of rotatable bonds is 8. The minimum Gasteiger partial charge on any atom is -0.481 e. The number of allylic oxidation sites excluding steroid dienone is 1. The van der Waals surface area contributed by atoms with Gasteiger partial charge in [-0.25, -0.2) is 8.42 Å². The fraction of sp³-hybridized carbons (Fsp3) is 0.881. The molecule has 9 nitrogen and oxygen atoms in total. The molecule has 6 aliphatic rings. The van der Waals surface area contributed by atoms with Gasteiger partial charge >= 0.3 is 11.9 Å². The highest BCUT2D eigenvalue weighted by atomic mass is 32.2. The minimum absolute atomic E-state index is 0.0670. The second kappa shape index (κ2) is 13.1. The molecule has 1 saturated heterocycles. The second-order valence-corrected chi connectivity index (χ2v) is 22.5. The molecule has 52 heavy (non-hydrogen) atoms. The Morgan fingerprint density at radius 3 is 2.08 bits per heavy atom. The highest BCUT2D eigenvalue weighted by molar-refractivity contribution is 7.88. The van der Waals surface area contributed by atoms with Gasteiger partial charge in [0.25, 0.3) is 0 Å². The number of hydrogen-bond acceptors (Lipinski definition) is 6. The van der Waals surface area contributed by atoms with Crippen molar-refractivity contribution in [3.8, 4) is 0 Å². The lowest BCUT2D eigenvalue weighted by Crippen LogP contribution is -2.68. The smallest absolute Gasteiger partial charge is 0.306 e. The Bertz CT molecular complexity index is 1580. The molecule has 1 amide bonds. The van der Waals surface area contributed by atoms with Gasteiger partial charge in [0.05, 0.1) is 24.5 Å². The van der Waals surface area contributed by atoms with Gasteiger partial charge in [0, 0.05) is 31.6 Å². The first-order valence-electron chi connectivity index (χ1n) is 20.2. The number of aliphatic carboxylic acids is 1. The second-order valence-electron chi connectivity index (χ2n) is 20.5. The van der Waals surface area contributed by atoms with Crippen molar-refractivity contribution in [2.45, 2.75) is 139 Å². The van der Waals surface area contributed by atoms with E-state index >= 15 is 0 Å². The SMILES string of the molecule is C=C(C)[C@@H]1CC[C@]2(C(=O)N3CCN(S(C)(=O)=O)CC3)CC[C@]3(C)[C@H](CC[C@@H]4[C@@]5(C)CC[C@H](OC(=O)CC(C)(C)CC(=O)O)C(C)(C)[C@@H]5CC[C@]43C)[C@@H]12. The number of fused-ring (bicyclic) bond motifs is 7. The molecule has 0 radical (unpaired) electrons. The van der Waals surface area contributed by atoms with Crippen LogP contribution < -0.4 is 0 Å². The van der Waals surface area contributed by atoms with Crippen molar-refractivity contribution in [2.75, 3.05) is 32.4 Å². The summed E-state index contributed by atoms with van der Waals surface area (Å²) in [7, 11) is -3.28. The van der Waals surface area contributed by atoms with Crippen molar-refractivity contribution in [1.82, 2.24) is 9.21 Å². The quantitative estimate of drug-likeness (QED) is 0.201. The van der Waals surface area contributed by atoms with Crippen molar-refractivity contribution in [3.05, 3.63) is 12.2 Å². The summed E-state index contributed by atoms with van der Waals surface area (Å²) >= 11 is 0. The summed E-state index contributed by atoms with van der Waals surface area (Å²) in [6, 6.07) is 0. The lowest BCUT2D eigenvalue weighted by atomic mass is 9.32. The monoisotopic (exact) mass is 744 g/mol. The van der Waals surface area contributed by atoms with Gasteiger partial charge in [-0.1, -0.05) is 60.6 Å². The lowest BCUT2D eigenvalue weighted by Gasteiger charge is -2.73. The molecule has 1 aliphatic heterocycles. The molecule has 10 heteroatoms. The summed E-state index contributed by atoms with van der Waals surface area (Å²) < 4.78 is 32.3. The Balaban J connectivity index is 1.24. The van der Waals surface area contributed by atoms with E-state index in [2.05, 4.69) is 48.1 Å². The van der Waals surface area contributed by atoms with Crippen molar-refractivity contribution >= 4 is 27.9 Å². The maximum absolute atomic E-state index is 14.8. The normalized spacial score (nSPS) is 41.9. The van der Waals surface area contributed by atoms with Crippen LogP contribution >= 0.6 is 0 Å². The largest absolute Gasteiger partial charge is 0.481 e. The van der Waals surface area contributed by atoms with Crippen molar-refractivity contribution < 1.29 is 32.6 Å². The van der Waals surface area contributed by atoms with Gasteiger partial charge in [0.15, 0.2) is 0 Å². The zero-order chi connectivity index (χ0) is 38.4. The summed E-state index contributed by atoms with van der Waals surface area (Å²) in [6.07, 6.45) is 11.2. The lowest BCUT2D eigenvalue weighted by molar-refractivity contribution is -0.250. The van der Waals surface area contributed by atoms with Crippen molar-refractivity contribution in [2.24, 2.45) is 62.1 Å². The third kappa shape index (κ3) is 6.20. The molecule has 5 aliphatic carbocycles. The number of sulfonamides is 1. The summed E-state index contributed by atoms with van der Waals surface area (Å²) in [5.74, 6) is 1.01. The Morgan fingerprint density at radius 2 is 1.48 bits per heavy atom. The van der Waals surface area contributed by atoms with Crippen LogP contribution in [0.4, 0.5) is 0 Å². The van der Waals surface area contributed by atoms with E-state index in [-0.39, 0.29) is 58.4 Å². The number of hydrogen-bond donors (Lipinski definition) is 1. The van der Waals surface area contributed by atoms with E-state index < -0.39 is 26.8 Å². The van der Waals surface area contributed by atoms with Gasteiger partial charge in [0.2, 0.25) is 15.9 Å². The van der Waals surface area contributed by atoms with Crippen molar-refractivity contribution in [1.29, 1.82) is 0 Å². The Labute approximate surface area is 314 Å². The standard InChI is InChI=1S/C42H68N2O7S/c1-27(2)28-13-18-42(36(48)43-21-23-44(24-22-43)52(10,49)50)20-19-40(8)29(35(28)42)11-12-31-39(7)16-15-32(38(5,6)30(39)14-17-41(31,40)9)51-34(47)26-37(3,4)25-33(45)46/h28-32,35H,1,11-26H2,2-10H3,(H,45,46)/t28-,29+,30-,31+,32-,35+,39-,40+,41+,42-/m0/s1. The number of esters is 1. The van der Waals surface area contributed by atoms with Gasteiger partial charge in [0.1, 0.15) is 6.10 Å². The zero-order valence-electron chi connectivity index (χ0n) is 33.7. The van der Waals surface area contributed by atoms with Crippen LogP contribution in [0.15, 0.2) is 12.2 Å². The Morgan fingerprint density at radius 1 is 0.827 bits per heavy atom. The molecule has 0 aromatic heterocycles. The predicted octanol–water partition coefficient (Wildman–Crippen LogP) is 7.55. The van der Waals surface area contributed by atoms with Gasteiger partial charge < -0.3 is 14.7 Å². The molecule has 6 rings (SSSR count). The average molecular weight is 745 g/mol. The fourth-order valence-electron chi connectivity index (χ4n) is 14.3. The molecule has 0 bridgehead atoms. The number of carboxylic acids is 1. The van der Waals surface area contributed by atoms with Crippen molar-refractivity contribution in [3.63, 3.8) is 0 Å². The van der Waals surface area contributed by atoms with Crippen LogP contribution in [0.5, 0.6) is 0 Å². The van der Waals surface area contributed by atoms with E-state index in [1.54, 1.807) is 0 Å². The third-order valence-electron chi connectivity index (χ3n) is 17.0. The number of amides is 1. The van der Waals surface area contributed by atoms with Crippen LogP contribution in [0, 0.1) is 62.1 Å². The number of ether oxygens (including phenoxy) is 1. The van der Waals surface area contributed by atoms with Crippen LogP contribution in [-0.4, -0.2) is 79.1 Å². The third-order valence-corrected chi connectivity index (χ3v) is 18.3. The maximum Gasteiger partial charge on any atom is 0.306 e. The molecule has 294 valence electrons. The molecule has 0 unspecified atom stereocenters. The Kier molecular flexibility index (Phi) is 10.0. The van der Waals surface area contributed by atoms with E-state index in [0.717, 1.165) is 64.2 Å². The first kappa shape index (κ1) is 39.7. The Hall–Kier alpha value is -1.94. The predicted molar refractivity (Wildman–Crippen MR) is 202 cm³/mol. The van der Waals surface area contributed by atoms with Gasteiger partial charge in [-0.2, -0.15) is 4.31 Å². The van der Waals surface area contributed by atoms with Crippen LogP contribution in [0.2, 0.25) is 0 Å². The maximum atomic E-state index is 14.8. The highest BCUT2D eigenvalue weighted by Gasteiger charge is 2.72. The number of carbonyl (C=O) groups is 3. The van der Waals surface area contributed by atoms with Gasteiger partial charge in [-0.05, 0) is 122 Å².